The molecule has 1 aromatic rings. The van der Waals surface area contributed by atoms with Crippen molar-refractivity contribution in [2.45, 2.75) is 4.90 Å². The Morgan fingerprint density at radius 2 is 2.10 bits per heavy atom. The number of nitrogens with one attached hydrogen (secondary N) is 2. The summed E-state index contributed by atoms with van der Waals surface area (Å²) in [6.07, 6.45) is 0. The third-order valence-electron chi connectivity index (χ3n) is 1.37. The number of benzene rings is 1. The number of hydrogen-bond donors (Lipinski definition) is 2. The smallest absolute Gasteiger partial charge is 0.0649 e. The second-order valence-corrected chi connectivity index (χ2v) is 4.17. The Morgan fingerprint density at radius 1 is 1.30 bits per heavy atom. The molecule has 10 heavy (non-hydrogen) atoms. The lowest BCUT2D eigenvalue weighted by molar-refractivity contribution is 1.25. The predicted octanol–water partition coefficient (Wildman–Crippen LogP) is 0.971. The van der Waals surface area contributed by atoms with Crippen LogP contribution in [0.15, 0.2) is 29.2 Å². The van der Waals surface area contributed by atoms with Gasteiger partial charge in [-0.15, -0.1) is 0 Å². The van der Waals surface area contributed by atoms with Crippen molar-refractivity contribution >= 4 is 26.5 Å². The van der Waals surface area contributed by atoms with Gasteiger partial charge >= 0.3 is 0 Å². The molecule has 0 saturated heterocycles. The van der Waals surface area contributed by atoms with E-state index in [1.807, 2.05) is 24.3 Å². The highest BCUT2D eigenvalue weighted by Crippen LogP contribution is 2.21. The Hall–Kier alpha value is -0.450. The van der Waals surface area contributed by atoms with Crippen LogP contribution in [0.5, 0.6) is 0 Å². The average molecular weight is 170 g/mol. The topological polar surface area (TPSA) is 24.1 Å². The molecule has 1 aliphatic rings. The zero-order chi connectivity index (χ0) is 6.97. The minimum atomic E-state index is -0.226. The molecule has 1 aliphatic heterocycles. The first-order valence-corrected chi connectivity index (χ1v) is 5.05. The number of para-hydroxylation sites is 1. The van der Waals surface area contributed by atoms with E-state index in [9.17, 15) is 0 Å². The van der Waals surface area contributed by atoms with E-state index in [1.165, 1.54) is 4.90 Å². The van der Waals surface area contributed by atoms with Crippen molar-refractivity contribution in [3.05, 3.63) is 24.3 Å². The van der Waals surface area contributed by atoms with Crippen LogP contribution in [0, 0.1) is 0 Å². The van der Waals surface area contributed by atoms with E-state index in [0.717, 1.165) is 5.69 Å². The van der Waals surface area contributed by atoms with Gasteiger partial charge in [0, 0.05) is 0 Å². The van der Waals surface area contributed by atoms with Crippen molar-refractivity contribution in [2.24, 2.45) is 0 Å². The molecule has 52 valence electrons. The summed E-state index contributed by atoms with van der Waals surface area (Å²) in [7, 11) is -0.226. The van der Waals surface area contributed by atoms with Gasteiger partial charge in [0.15, 0.2) is 0 Å². The van der Waals surface area contributed by atoms with Crippen LogP contribution in [0.4, 0.5) is 5.69 Å². The van der Waals surface area contributed by atoms with Crippen molar-refractivity contribution in [3.8, 4) is 0 Å². The summed E-state index contributed by atoms with van der Waals surface area (Å²) in [6, 6.07) is 8.05. The lowest BCUT2D eigenvalue weighted by Gasteiger charge is -1.91. The lowest BCUT2D eigenvalue weighted by atomic mass is 10.3. The summed E-state index contributed by atoms with van der Waals surface area (Å²) in [6.45, 7) is 0. The van der Waals surface area contributed by atoms with Crippen LogP contribution in [0.2, 0.25) is 0 Å². The molecule has 2 rings (SSSR count). The zero-order valence-electron chi connectivity index (χ0n) is 5.13. The van der Waals surface area contributed by atoms with Crippen molar-refractivity contribution in [3.63, 3.8) is 0 Å². The zero-order valence-corrected chi connectivity index (χ0v) is 6.76. The molecule has 0 amide bonds. The van der Waals surface area contributed by atoms with E-state index in [1.54, 1.807) is 0 Å². The van der Waals surface area contributed by atoms with Crippen LogP contribution in [-0.2, 0) is 20.8 Å². The molecule has 4 heteroatoms. The molecule has 0 saturated carbocycles. The fourth-order valence-corrected chi connectivity index (χ4v) is 2.28. The van der Waals surface area contributed by atoms with Gasteiger partial charge in [0.05, 0.1) is 10.6 Å². The number of anilines is 1. The van der Waals surface area contributed by atoms with Crippen molar-refractivity contribution < 1.29 is 0 Å². The highest BCUT2D eigenvalue weighted by atomic mass is 32.8. The molecule has 0 radical (unpaired) electrons. The molecule has 2 N–H and O–H groups in total. The Morgan fingerprint density at radius 3 is 2.90 bits per heavy atom. The second kappa shape index (κ2) is 2.30. The summed E-state index contributed by atoms with van der Waals surface area (Å²) in [5.74, 6) is 0. The first-order chi connectivity index (χ1) is 4.88. The summed E-state index contributed by atoms with van der Waals surface area (Å²) in [5.41, 5.74) is 4.12. The van der Waals surface area contributed by atoms with Gasteiger partial charge in [-0.3, -0.25) is 0 Å². The molecule has 0 bridgehead atoms. The molecule has 0 fully saturated rings. The Kier molecular flexibility index (Phi) is 1.44. The van der Waals surface area contributed by atoms with Crippen LogP contribution in [0.25, 0.3) is 0 Å². The van der Waals surface area contributed by atoms with E-state index < -0.39 is 0 Å². The van der Waals surface area contributed by atoms with Gasteiger partial charge in [0.2, 0.25) is 0 Å². The fraction of sp³-hybridized carbons (Fsp3) is 0. The maximum absolute atomic E-state index is 5.11. The quantitative estimate of drug-likeness (QED) is 0.606. The third-order valence-corrected chi connectivity index (χ3v) is 3.20. The van der Waals surface area contributed by atoms with Crippen molar-refractivity contribution in [2.75, 3.05) is 5.43 Å². The number of hydrogen-bond acceptors (Lipinski definition) is 2. The number of rotatable bonds is 0. The highest BCUT2D eigenvalue weighted by Gasteiger charge is 2.11. The normalized spacial score (nSPS) is 21.8. The first-order valence-electron chi connectivity index (χ1n) is 2.90. The molecule has 1 unspecified atom stereocenters. The van der Waals surface area contributed by atoms with Gasteiger partial charge in [-0.2, -0.15) is 4.83 Å². The van der Waals surface area contributed by atoms with Crippen LogP contribution in [0.3, 0.4) is 0 Å². The van der Waals surface area contributed by atoms with Gasteiger partial charge in [-0.25, -0.2) is 0 Å². The van der Waals surface area contributed by atoms with Crippen molar-refractivity contribution in [1.29, 1.82) is 0 Å². The third kappa shape index (κ3) is 0.847. The van der Waals surface area contributed by atoms with E-state index in [-0.39, 0.29) is 9.64 Å². The van der Waals surface area contributed by atoms with Gasteiger partial charge in [0.25, 0.3) is 0 Å². The first kappa shape index (κ1) is 6.27. The Labute approximate surface area is 66.3 Å². The van der Waals surface area contributed by atoms with E-state index in [2.05, 4.69) is 10.3 Å². The van der Waals surface area contributed by atoms with E-state index in [4.69, 9.17) is 11.2 Å². The van der Waals surface area contributed by atoms with Gasteiger partial charge in [0.1, 0.15) is 0 Å². The molecule has 0 aromatic heterocycles. The van der Waals surface area contributed by atoms with E-state index in [0.29, 0.717) is 0 Å². The summed E-state index contributed by atoms with van der Waals surface area (Å²) in [4.78, 5) is 4.17. The Bertz CT molecular complexity index is 285. The number of fused-ring (bicyclic) bond motifs is 1. The minimum Gasteiger partial charge on any atom is -0.310 e. The van der Waals surface area contributed by atoms with Gasteiger partial charge < -0.3 is 5.43 Å². The van der Waals surface area contributed by atoms with Crippen LogP contribution < -0.4 is 10.3 Å². The molecule has 2 nitrogen and oxygen atoms in total. The highest BCUT2D eigenvalue weighted by molar-refractivity contribution is 8.28. The molecule has 0 aliphatic carbocycles. The predicted molar refractivity (Wildman–Crippen MR) is 46.2 cm³/mol. The largest absolute Gasteiger partial charge is 0.310 e. The minimum absolute atomic E-state index is 0.226. The molecule has 1 atom stereocenters. The maximum Gasteiger partial charge on any atom is 0.0649 e. The summed E-state index contributed by atoms with van der Waals surface area (Å²) >= 11 is 5.11. The lowest BCUT2D eigenvalue weighted by Crippen LogP contribution is -2.13. The standard InChI is InChI=1S/C6H6N2S2/c9-10-6-4-2-1-3-5(6)7-8-10/h1-4,7-8H. The molecular formula is C6H6N2S2. The Balaban J connectivity index is 2.61. The van der Waals surface area contributed by atoms with Gasteiger partial charge in [-0.1, -0.05) is 12.1 Å². The molecule has 1 heterocycles. The average Bonchev–Trinajstić information content (AvgIpc) is 2.34. The molecule has 1 aromatic carbocycles. The SMILES string of the molecule is S=S1NNc2ccccc21. The van der Waals surface area contributed by atoms with Crippen LogP contribution in [0.1, 0.15) is 0 Å². The molecular weight excluding hydrogens is 164 g/mol. The summed E-state index contributed by atoms with van der Waals surface area (Å²) < 4.78 is 0. The van der Waals surface area contributed by atoms with Gasteiger partial charge in [-0.05, 0) is 33.0 Å². The van der Waals surface area contributed by atoms with E-state index >= 15 is 0 Å². The number of hydrazine groups is 1. The summed E-state index contributed by atoms with van der Waals surface area (Å²) in [5, 5.41) is 0. The van der Waals surface area contributed by atoms with Crippen LogP contribution >= 0.6 is 0 Å². The monoisotopic (exact) mass is 170 g/mol. The molecule has 0 spiro atoms. The second-order valence-electron chi connectivity index (χ2n) is 1.99. The van der Waals surface area contributed by atoms with Crippen LogP contribution in [-0.4, -0.2) is 0 Å². The maximum atomic E-state index is 5.11. The fourth-order valence-electron chi connectivity index (χ4n) is 0.888. The van der Waals surface area contributed by atoms with Crippen molar-refractivity contribution in [1.82, 2.24) is 4.83 Å².